The number of carboxylic acid groups (broad SMARTS) is 1. The van der Waals surface area contributed by atoms with E-state index >= 15 is 0 Å². The fourth-order valence-corrected chi connectivity index (χ4v) is 1.79. The topological polar surface area (TPSA) is 63.6 Å². The van der Waals surface area contributed by atoms with Gasteiger partial charge in [-0.2, -0.15) is 0 Å². The Morgan fingerprint density at radius 1 is 1.00 bits per heavy atom. The van der Waals surface area contributed by atoms with Gasteiger partial charge in [-0.3, -0.25) is 0 Å². The lowest BCUT2D eigenvalue weighted by Gasteiger charge is -2.04. The van der Waals surface area contributed by atoms with Crippen molar-refractivity contribution in [3.8, 4) is 5.75 Å². The molecule has 1 aromatic carbocycles. The Kier molecular flexibility index (Phi) is 8.61. The van der Waals surface area contributed by atoms with Crippen LogP contribution >= 0.6 is 0 Å². The molecule has 0 radical (unpaired) electrons. The lowest BCUT2D eigenvalue weighted by Crippen LogP contribution is -2.04. The van der Waals surface area contributed by atoms with Crippen LogP contribution in [0.2, 0.25) is 0 Å². The highest BCUT2D eigenvalue weighted by Crippen LogP contribution is 2.19. The summed E-state index contributed by atoms with van der Waals surface area (Å²) < 4.78 is 5.15. The molecule has 4 heteroatoms. The van der Waals surface area contributed by atoms with Crippen molar-refractivity contribution in [2.24, 2.45) is 0 Å². The molecule has 0 heterocycles. The Bertz CT molecular complexity index is 661. The number of rotatable bonds is 8. The molecule has 126 valence electrons. The first-order chi connectivity index (χ1) is 11.6. The van der Waals surface area contributed by atoms with Crippen molar-refractivity contribution < 1.29 is 19.4 Å². The number of hydrogen-bond donors (Lipinski definition) is 1. The summed E-state index contributed by atoms with van der Waals surface area (Å²) in [6, 6.07) is 6.37. The molecule has 0 atom stereocenters. The smallest absolute Gasteiger partial charge is 0.336 e. The number of allylic oxidation sites excluding steroid dienone is 6. The predicted octanol–water partition coefficient (Wildman–Crippen LogP) is 4.55. The maximum atomic E-state index is 11.6. The van der Waals surface area contributed by atoms with Gasteiger partial charge in [-0.1, -0.05) is 56.4 Å². The Balaban J connectivity index is 2.80. The van der Waals surface area contributed by atoms with E-state index in [-0.39, 0.29) is 5.57 Å². The van der Waals surface area contributed by atoms with E-state index in [2.05, 4.69) is 0 Å². The Morgan fingerprint density at radius 2 is 1.62 bits per heavy atom. The summed E-state index contributed by atoms with van der Waals surface area (Å²) in [6.45, 7) is 3.97. The van der Waals surface area contributed by atoms with Gasteiger partial charge in [-0.15, -0.1) is 0 Å². The van der Waals surface area contributed by atoms with Gasteiger partial charge in [0.1, 0.15) is 5.75 Å². The molecule has 4 nitrogen and oxygen atoms in total. The van der Waals surface area contributed by atoms with Crippen molar-refractivity contribution in [1.29, 1.82) is 0 Å². The van der Waals surface area contributed by atoms with Crippen LogP contribution < -0.4 is 4.74 Å². The van der Waals surface area contributed by atoms with E-state index in [0.29, 0.717) is 11.3 Å². The number of carbonyl (C=O) groups excluding carboxylic acids is 1. The lowest BCUT2D eigenvalue weighted by molar-refractivity contribution is -0.130. The van der Waals surface area contributed by atoms with Gasteiger partial charge in [0.05, 0.1) is 5.57 Å². The summed E-state index contributed by atoms with van der Waals surface area (Å²) in [4.78, 5) is 22.9. The van der Waals surface area contributed by atoms with Crippen molar-refractivity contribution in [3.05, 3.63) is 72.4 Å². The number of carboxylic acids is 1. The summed E-state index contributed by atoms with van der Waals surface area (Å²) in [5.74, 6) is -1.13. The van der Waals surface area contributed by atoms with E-state index in [1.165, 1.54) is 6.08 Å². The van der Waals surface area contributed by atoms with Crippen LogP contribution in [0.1, 0.15) is 32.3 Å². The van der Waals surface area contributed by atoms with Crippen LogP contribution in [0.4, 0.5) is 0 Å². The molecule has 0 aliphatic carbocycles. The predicted molar refractivity (Wildman–Crippen MR) is 95.7 cm³/mol. The molecule has 0 aromatic heterocycles. The summed E-state index contributed by atoms with van der Waals surface area (Å²) in [7, 11) is 0. The Hall–Kier alpha value is -2.88. The molecule has 0 fully saturated rings. The number of aliphatic carboxylic acids is 1. The molecular weight excluding hydrogens is 304 g/mol. The van der Waals surface area contributed by atoms with Crippen molar-refractivity contribution in [1.82, 2.24) is 0 Å². The van der Waals surface area contributed by atoms with E-state index in [1.54, 1.807) is 48.6 Å². The molecule has 24 heavy (non-hydrogen) atoms. The van der Waals surface area contributed by atoms with E-state index in [9.17, 15) is 14.7 Å². The van der Waals surface area contributed by atoms with E-state index in [1.807, 2.05) is 26.0 Å². The van der Waals surface area contributed by atoms with Gasteiger partial charge in [0.2, 0.25) is 0 Å². The molecule has 0 aliphatic rings. The zero-order chi connectivity index (χ0) is 17.8. The normalized spacial score (nSPS) is 12.3. The van der Waals surface area contributed by atoms with Crippen LogP contribution in [-0.4, -0.2) is 17.0 Å². The second-order valence-electron chi connectivity index (χ2n) is 4.86. The monoisotopic (exact) mass is 326 g/mol. The second-order valence-corrected chi connectivity index (χ2v) is 4.86. The third kappa shape index (κ3) is 6.92. The average molecular weight is 326 g/mol. The maximum absolute atomic E-state index is 11.6. The van der Waals surface area contributed by atoms with Crippen LogP contribution in [0, 0.1) is 0 Å². The molecule has 0 saturated carbocycles. The first-order valence-electron chi connectivity index (χ1n) is 7.84. The zero-order valence-corrected chi connectivity index (χ0v) is 13.9. The van der Waals surface area contributed by atoms with E-state index in [0.717, 1.165) is 12.8 Å². The Labute approximate surface area is 142 Å². The van der Waals surface area contributed by atoms with E-state index < -0.39 is 11.9 Å². The molecule has 0 bridgehead atoms. The molecule has 0 spiro atoms. The van der Waals surface area contributed by atoms with Gasteiger partial charge in [-0.25, -0.2) is 9.59 Å². The van der Waals surface area contributed by atoms with Crippen LogP contribution in [0.3, 0.4) is 0 Å². The van der Waals surface area contributed by atoms with Crippen molar-refractivity contribution in [3.63, 3.8) is 0 Å². The molecule has 1 N–H and O–H groups in total. The number of carbonyl (C=O) groups is 2. The third-order valence-corrected chi connectivity index (χ3v) is 2.96. The van der Waals surface area contributed by atoms with Crippen LogP contribution in [0.25, 0.3) is 5.57 Å². The summed E-state index contributed by atoms with van der Waals surface area (Å²) in [5, 5.41) is 9.28. The van der Waals surface area contributed by atoms with Crippen molar-refractivity contribution in [2.45, 2.75) is 26.7 Å². The van der Waals surface area contributed by atoms with Gasteiger partial charge in [0.15, 0.2) is 0 Å². The maximum Gasteiger partial charge on any atom is 0.336 e. The van der Waals surface area contributed by atoms with Gasteiger partial charge >= 0.3 is 11.9 Å². The second kappa shape index (κ2) is 10.8. The first kappa shape index (κ1) is 19.2. The lowest BCUT2D eigenvalue weighted by atomic mass is 10.1. The molecule has 1 aromatic rings. The van der Waals surface area contributed by atoms with Gasteiger partial charge in [0.25, 0.3) is 0 Å². The van der Waals surface area contributed by atoms with E-state index in [4.69, 9.17) is 4.74 Å². The first-order valence-corrected chi connectivity index (χ1v) is 7.84. The van der Waals surface area contributed by atoms with Gasteiger partial charge < -0.3 is 9.84 Å². The molecule has 0 saturated heterocycles. The van der Waals surface area contributed by atoms with Crippen molar-refractivity contribution in [2.75, 3.05) is 0 Å². The van der Waals surface area contributed by atoms with Crippen LogP contribution in [-0.2, 0) is 9.59 Å². The number of esters is 1. The standard InChI is InChI=1S/C20H22O4/c1-3-5-7-9-11-19(21)24-17-14-12-16(13-15-17)18(20(22)23)10-8-6-4-2/h5-15H,3-4H2,1-2H3,(H,22,23). The minimum Gasteiger partial charge on any atom is -0.478 e. The molecule has 1 rings (SSSR count). The number of hydrogen-bond acceptors (Lipinski definition) is 3. The average Bonchev–Trinajstić information content (AvgIpc) is 2.56. The summed E-state index contributed by atoms with van der Waals surface area (Å²) >= 11 is 0. The number of benzene rings is 1. The molecule has 0 aliphatic heterocycles. The third-order valence-electron chi connectivity index (χ3n) is 2.96. The van der Waals surface area contributed by atoms with Crippen LogP contribution in [0.5, 0.6) is 5.75 Å². The fourth-order valence-electron chi connectivity index (χ4n) is 1.79. The quantitative estimate of drug-likeness (QED) is 0.329. The summed E-state index contributed by atoms with van der Waals surface area (Å²) in [5.41, 5.74) is 0.728. The fraction of sp³-hybridized carbons (Fsp3) is 0.200. The minimum atomic E-state index is -1.01. The highest BCUT2D eigenvalue weighted by molar-refractivity contribution is 6.15. The molecule has 0 amide bonds. The SMILES string of the molecule is CCC=CC=CC(=O)Oc1ccc(C(=CC=CCC)C(=O)O)cc1. The largest absolute Gasteiger partial charge is 0.478 e. The molecular formula is C20H22O4. The minimum absolute atomic E-state index is 0.183. The van der Waals surface area contributed by atoms with Gasteiger partial charge in [-0.05, 0) is 36.6 Å². The van der Waals surface area contributed by atoms with Gasteiger partial charge in [0, 0.05) is 6.08 Å². The molecule has 0 unspecified atom stereocenters. The number of ether oxygens (including phenoxy) is 1. The van der Waals surface area contributed by atoms with Crippen LogP contribution in [0.15, 0.2) is 66.8 Å². The highest BCUT2D eigenvalue weighted by atomic mass is 16.5. The Morgan fingerprint density at radius 3 is 2.21 bits per heavy atom. The van der Waals surface area contributed by atoms with Crippen molar-refractivity contribution >= 4 is 17.5 Å². The summed E-state index contributed by atoms with van der Waals surface area (Å²) in [6.07, 6.45) is 13.5. The zero-order valence-electron chi connectivity index (χ0n) is 13.9. The highest BCUT2D eigenvalue weighted by Gasteiger charge is 2.09.